The van der Waals surface area contributed by atoms with Crippen LogP contribution in [-0.2, 0) is 16.1 Å². The second-order valence-corrected chi connectivity index (χ2v) is 5.18. The van der Waals surface area contributed by atoms with Gasteiger partial charge in [-0.25, -0.2) is 10.4 Å². The number of nitriles is 1. The molecule has 2 aromatic heterocycles. The third-order valence-electron chi connectivity index (χ3n) is 3.09. The first kappa shape index (κ1) is 18.2. The van der Waals surface area contributed by atoms with Crippen molar-refractivity contribution >= 4 is 12.1 Å². The maximum Gasteiger partial charge on any atom is 0.278 e. The average Bonchev–Trinajstić information content (AvgIpc) is 2.98. The third-order valence-corrected chi connectivity index (χ3v) is 3.09. The highest BCUT2D eigenvalue weighted by molar-refractivity contribution is 5.81. The summed E-state index contributed by atoms with van der Waals surface area (Å²) in [7, 11) is 1.53. The molecule has 0 aliphatic rings. The lowest BCUT2D eigenvalue weighted by Gasteiger charge is -2.10. The Kier molecular flexibility index (Phi) is 6.26. The largest absolute Gasteiger partial charge is 0.467 e. The standard InChI is InChI=1S/C17H18N4O4/c1-11-6-13(9-23-3)15(7-18)17(20-11)24-10-16(22)21-19-8-14-5-4-12(2)25-14/h4-6,8H,9-10H2,1-3H3,(H,21,22)/b19-8-. The summed E-state index contributed by atoms with van der Waals surface area (Å²) < 4.78 is 15.7. The molecular formula is C17H18N4O4. The van der Waals surface area contributed by atoms with Crippen molar-refractivity contribution < 1.29 is 18.7 Å². The van der Waals surface area contributed by atoms with Gasteiger partial charge in [0.2, 0.25) is 5.88 Å². The van der Waals surface area contributed by atoms with Gasteiger partial charge in [-0.05, 0) is 32.0 Å². The van der Waals surface area contributed by atoms with Crippen molar-refractivity contribution in [1.82, 2.24) is 10.4 Å². The van der Waals surface area contributed by atoms with Crippen LogP contribution in [0.5, 0.6) is 5.88 Å². The van der Waals surface area contributed by atoms with Crippen molar-refractivity contribution in [1.29, 1.82) is 5.26 Å². The molecule has 0 saturated carbocycles. The van der Waals surface area contributed by atoms with Gasteiger partial charge in [0.1, 0.15) is 23.2 Å². The molecule has 0 saturated heterocycles. The molecular weight excluding hydrogens is 324 g/mol. The fourth-order valence-corrected chi connectivity index (χ4v) is 2.06. The number of hydrogen-bond donors (Lipinski definition) is 1. The number of rotatable bonds is 7. The number of nitrogens with zero attached hydrogens (tertiary/aromatic N) is 3. The maximum absolute atomic E-state index is 11.8. The molecule has 25 heavy (non-hydrogen) atoms. The van der Waals surface area contributed by atoms with Gasteiger partial charge in [0.15, 0.2) is 6.61 Å². The summed E-state index contributed by atoms with van der Waals surface area (Å²) in [6, 6.07) is 7.29. The molecule has 0 bridgehead atoms. The number of aryl methyl sites for hydroxylation is 2. The molecule has 0 unspecified atom stereocenters. The van der Waals surface area contributed by atoms with E-state index in [4.69, 9.17) is 13.9 Å². The van der Waals surface area contributed by atoms with Crippen LogP contribution in [0.4, 0.5) is 0 Å². The molecule has 8 nitrogen and oxygen atoms in total. The van der Waals surface area contributed by atoms with Gasteiger partial charge in [-0.15, -0.1) is 0 Å². The average molecular weight is 342 g/mol. The molecule has 0 aliphatic carbocycles. The zero-order valence-electron chi connectivity index (χ0n) is 14.2. The number of aromatic nitrogens is 1. The molecule has 0 atom stereocenters. The quantitative estimate of drug-likeness (QED) is 0.607. The minimum Gasteiger partial charge on any atom is -0.467 e. The van der Waals surface area contributed by atoms with Gasteiger partial charge in [-0.1, -0.05) is 0 Å². The smallest absolute Gasteiger partial charge is 0.278 e. The van der Waals surface area contributed by atoms with Crippen LogP contribution >= 0.6 is 0 Å². The van der Waals surface area contributed by atoms with Gasteiger partial charge in [-0.2, -0.15) is 10.4 Å². The summed E-state index contributed by atoms with van der Waals surface area (Å²) in [5, 5.41) is 13.1. The predicted molar refractivity (Wildman–Crippen MR) is 89.1 cm³/mol. The first-order valence-electron chi connectivity index (χ1n) is 7.44. The molecule has 0 aromatic carbocycles. The molecule has 2 heterocycles. The van der Waals surface area contributed by atoms with Crippen LogP contribution in [0.25, 0.3) is 0 Å². The normalized spacial score (nSPS) is 10.6. The first-order chi connectivity index (χ1) is 12.0. The van der Waals surface area contributed by atoms with Crippen LogP contribution < -0.4 is 10.2 Å². The van der Waals surface area contributed by atoms with Gasteiger partial charge in [-0.3, -0.25) is 4.79 Å². The summed E-state index contributed by atoms with van der Waals surface area (Å²) in [6.45, 7) is 3.50. The molecule has 2 aromatic rings. The summed E-state index contributed by atoms with van der Waals surface area (Å²) >= 11 is 0. The molecule has 0 radical (unpaired) electrons. The third kappa shape index (κ3) is 5.16. The lowest BCUT2D eigenvalue weighted by Crippen LogP contribution is -2.25. The molecule has 2 rings (SSSR count). The van der Waals surface area contributed by atoms with Crippen molar-refractivity contribution in [2.24, 2.45) is 5.10 Å². The number of ether oxygens (including phenoxy) is 2. The maximum atomic E-state index is 11.8. The van der Waals surface area contributed by atoms with E-state index in [1.165, 1.54) is 13.3 Å². The Hall–Kier alpha value is -3.18. The van der Waals surface area contributed by atoms with Crippen LogP contribution in [0.1, 0.15) is 28.3 Å². The summed E-state index contributed by atoms with van der Waals surface area (Å²) in [5.74, 6) is 0.878. The Morgan fingerprint density at radius 2 is 2.28 bits per heavy atom. The van der Waals surface area contributed by atoms with Gasteiger partial charge in [0.05, 0.1) is 12.8 Å². The molecule has 1 N–H and O–H groups in total. The van der Waals surface area contributed by atoms with Crippen molar-refractivity contribution in [2.45, 2.75) is 20.5 Å². The van der Waals surface area contributed by atoms with Crippen LogP contribution in [0, 0.1) is 25.2 Å². The molecule has 0 spiro atoms. The zero-order valence-corrected chi connectivity index (χ0v) is 14.2. The van der Waals surface area contributed by atoms with Crippen molar-refractivity contribution in [3.8, 4) is 11.9 Å². The van der Waals surface area contributed by atoms with E-state index in [1.807, 2.05) is 13.0 Å². The highest BCUT2D eigenvalue weighted by atomic mass is 16.5. The lowest BCUT2D eigenvalue weighted by atomic mass is 10.1. The molecule has 130 valence electrons. The Labute approximate surface area is 145 Å². The number of amides is 1. The van der Waals surface area contributed by atoms with Crippen LogP contribution in [0.2, 0.25) is 0 Å². The fourth-order valence-electron chi connectivity index (χ4n) is 2.06. The number of nitrogens with one attached hydrogen (secondary N) is 1. The Morgan fingerprint density at radius 3 is 2.92 bits per heavy atom. The molecule has 1 amide bonds. The molecule has 0 aliphatic heterocycles. The fraction of sp³-hybridized carbons (Fsp3) is 0.294. The van der Waals surface area contributed by atoms with E-state index in [1.54, 1.807) is 25.1 Å². The Morgan fingerprint density at radius 1 is 1.48 bits per heavy atom. The van der Waals surface area contributed by atoms with Gasteiger partial charge >= 0.3 is 0 Å². The summed E-state index contributed by atoms with van der Waals surface area (Å²) in [6.07, 6.45) is 1.38. The van der Waals surface area contributed by atoms with Gasteiger partial charge in [0, 0.05) is 18.4 Å². The minimum atomic E-state index is -0.486. The van der Waals surface area contributed by atoms with E-state index in [-0.39, 0.29) is 24.7 Å². The van der Waals surface area contributed by atoms with E-state index in [0.29, 0.717) is 17.0 Å². The molecule has 8 heteroatoms. The van der Waals surface area contributed by atoms with Crippen molar-refractivity contribution in [3.05, 3.63) is 46.5 Å². The number of furan rings is 1. The van der Waals surface area contributed by atoms with Crippen molar-refractivity contribution in [2.75, 3.05) is 13.7 Å². The van der Waals surface area contributed by atoms with Crippen LogP contribution in [0.3, 0.4) is 0 Å². The topological polar surface area (TPSA) is 110 Å². The number of carbonyl (C=O) groups is 1. The van der Waals surface area contributed by atoms with E-state index >= 15 is 0 Å². The lowest BCUT2D eigenvalue weighted by molar-refractivity contribution is -0.123. The monoisotopic (exact) mass is 342 g/mol. The van der Waals surface area contributed by atoms with E-state index < -0.39 is 5.91 Å². The van der Waals surface area contributed by atoms with Crippen molar-refractivity contribution in [3.63, 3.8) is 0 Å². The SMILES string of the molecule is COCc1cc(C)nc(OCC(=O)N/N=C\c2ccc(C)o2)c1C#N. The minimum absolute atomic E-state index is 0.0929. The first-order valence-corrected chi connectivity index (χ1v) is 7.44. The highest BCUT2D eigenvalue weighted by Crippen LogP contribution is 2.21. The second kappa shape index (κ2) is 8.61. The number of pyridine rings is 1. The van der Waals surface area contributed by atoms with E-state index in [0.717, 1.165) is 5.76 Å². The summed E-state index contributed by atoms with van der Waals surface area (Å²) in [5.41, 5.74) is 3.87. The van der Waals surface area contributed by atoms with Gasteiger partial charge in [0.25, 0.3) is 5.91 Å². The number of hydrogen-bond acceptors (Lipinski definition) is 7. The number of hydrazone groups is 1. The Bertz CT molecular complexity index is 821. The summed E-state index contributed by atoms with van der Waals surface area (Å²) in [4.78, 5) is 15.9. The van der Waals surface area contributed by atoms with E-state index in [2.05, 4.69) is 15.5 Å². The number of carbonyl (C=O) groups excluding carboxylic acids is 1. The van der Waals surface area contributed by atoms with Crippen LogP contribution in [-0.4, -0.2) is 30.8 Å². The second-order valence-electron chi connectivity index (χ2n) is 5.18. The molecule has 0 fully saturated rings. The number of methoxy groups -OCH3 is 1. The Balaban J connectivity index is 1.97. The predicted octanol–water partition coefficient (Wildman–Crippen LogP) is 1.84. The van der Waals surface area contributed by atoms with Gasteiger partial charge < -0.3 is 13.9 Å². The van der Waals surface area contributed by atoms with E-state index in [9.17, 15) is 10.1 Å². The zero-order chi connectivity index (χ0) is 18.2. The highest BCUT2D eigenvalue weighted by Gasteiger charge is 2.14. The van der Waals surface area contributed by atoms with Crippen LogP contribution in [0.15, 0.2) is 27.7 Å².